The number of carbonyl (C=O) groups excluding carboxylic acids is 1. The fourth-order valence-electron chi connectivity index (χ4n) is 3.19. The number of benzene rings is 1. The molecule has 1 saturated carbocycles. The third-order valence-electron chi connectivity index (χ3n) is 4.17. The highest BCUT2D eigenvalue weighted by atomic mass is 32.2. The van der Waals surface area contributed by atoms with E-state index in [1.54, 1.807) is 18.2 Å². The summed E-state index contributed by atoms with van der Waals surface area (Å²) in [6, 6.07) is 5.23. The number of carbonyl (C=O) groups is 1. The molecule has 0 radical (unpaired) electrons. The summed E-state index contributed by atoms with van der Waals surface area (Å²) >= 11 is 1.39. The van der Waals surface area contributed by atoms with Crippen molar-refractivity contribution in [3.63, 3.8) is 0 Å². The van der Waals surface area contributed by atoms with Crippen LogP contribution in [0.3, 0.4) is 0 Å². The van der Waals surface area contributed by atoms with Crippen molar-refractivity contribution in [1.29, 1.82) is 0 Å². The molecule has 0 N–H and O–H groups in total. The first kappa shape index (κ1) is 13.0. The molecule has 0 spiro atoms. The maximum absolute atomic E-state index is 11.5. The number of nitro groups is 2. The van der Waals surface area contributed by atoms with E-state index in [0.29, 0.717) is 17.6 Å². The van der Waals surface area contributed by atoms with Gasteiger partial charge in [0.1, 0.15) is 11.7 Å². The predicted octanol–water partition coefficient (Wildman–Crippen LogP) is 1.84. The maximum Gasteiger partial charge on any atom is 0.273 e. The highest BCUT2D eigenvalue weighted by Crippen LogP contribution is 2.71. The van der Waals surface area contributed by atoms with Gasteiger partial charge >= 0.3 is 0 Å². The zero-order valence-corrected chi connectivity index (χ0v) is 11.0. The van der Waals surface area contributed by atoms with E-state index < -0.39 is 26.6 Å². The average Bonchev–Trinajstić information content (AvgIpc) is 2.95. The smallest absolute Gasteiger partial charge is 0.273 e. The number of thioether (sulfide) groups is 1. The Morgan fingerprint density at radius 1 is 1.30 bits per heavy atom. The molecule has 0 aromatic heterocycles. The van der Waals surface area contributed by atoms with E-state index in [1.807, 2.05) is 0 Å². The highest BCUT2D eigenvalue weighted by molar-refractivity contribution is 8.00. The lowest BCUT2D eigenvalue weighted by molar-refractivity contribution is -0.503. The minimum absolute atomic E-state index is 0.0825. The summed E-state index contributed by atoms with van der Waals surface area (Å²) in [4.78, 5) is 32.6. The van der Waals surface area contributed by atoms with Gasteiger partial charge in [-0.15, -0.1) is 0 Å². The molecular weight excluding hydrogens is 284 g/mol. The van der Waals surface area contributed by atoms with Crippen LogP contribution in [0.25, 0.3) is 0 Å². The molecule has 2 fully saturated rings. The number of para-hydroxylation sites is 1. The quantitative estimate of drug-likeness (QED) is 0.477. The molecule has 0 unspecified atom stereocenters. The lowest BCUT2D eigenvalue weighted by atomic mass is 9.93. The Morgan fingerprint density at radius 2 is 2.00 bits per heavy atom. The summed E-state index contributed by atoms with van der Waals surface area (Å²) in [5.41, 5.74) is -0.761. The molecule has 4 atom stereocenters. The van der Waals surface area contributed by atoms with Gasteiger partial charge in [-0.3, -0.25) is 20.2 Å². The molecule has 20 heavy (non-hydrogen) atoms. The molecule has 3 rings (SSSR count). The van der Waals surface area contributed by atoms with Gasteiger partial charge in [-0.2, -0.15) is 11.8 Å². The number of fused-ring (bicyclic) bond motifs is 1. The van der Waals surface area contributed by atoms with E-state index in [9.17, 15) is 25.0 Å². The third kappa shape index (κ3) is 1.51. The molecule has 8 heteroatoms. The maximum atomic E-state index is 11.5. The summed E-state index contributed by atoms with van der Waals surface area (Å²) in [6.07, 6.45) is 0.631. The van der Waals surface area contributed by atoms with Crippen molar-refractivity contribution >= 4 is 23.7 Å². The van der Waals surface area contributed by atoms with Crippen LogP contribution in [-0.4, -0.2) is 27.9 Å². The minimum Gasteiger partial charge on any atom is -0.302 e. The Hall–Kier alpha value is -1.96. The molecule has 1 heterocycles. The van der Waals surface area contributed by atoms with E-state index in [1.165, 1.54) is 17.8 Å². The predicted molar refractivity (Wildman–Crippen MR) is 71.1 cm³/mol. The van der Waals surface area contributed by atoms with Crippen LogP contribution >= 0.6 is 11.8 Å². The summed E-state index contributed by atoms with van der Waals surface area (Å²) in [5, 5.41) is 21.6. The summed E-state index contributed by atoms with van der Waals surface area (Å²) in [6.45, 7) is 0. The van der Waals surface area contributed by atoms with Gasteiger partial charge in [0.15, 0.2) is 0 Å². The Morgan fingerprint density at radius 3 is 2.55 bits per heavy atom. The molecular formula is C12H10N2O5S. The van der Waals surface area contributed by atoms with Crippen molar-refractivity contribution in [3.05, 3.63) is 50.1 Å². The van der Waals surface area contributed by atoms with Crippen LogP contribution < -0.4 is 0 Å². The van der Waals surface area contributed by atoms with Gasteiger partial charge in [0.05, 0.1) is 16.1 Å². The van der Waals surface area contributed by atoms with Crippen molar-refractivity contribution in [2.24, 2.45) is 11.3 Å². The van der Waals surface area contributed by atoms with E-state index >= 15 is 0 Å². The monoisotopic (exact) mass is 294 g/mol. The molecule has 7 nitrogen and oxygen atoms in total. The molecule has 2 aliphatic rings. The molecule has 1 saturated heterocycles. The van der Waals surface area contributed by atoms with Crippen molar-refractivity contribution in [2.45, 2.75) is 11.3 Å². The van der Waals surface area contributed by atoms with E-state index in [2.05, 4.69) is 0 Å². The Bertz CT molecular complexity index is 622. The molecule has 1 aliphatic heterocycles. The molecule has 0 bridgehead atoms. The summed E-state index contributed by atoms with van der Waals surface area (Å²) < 4.78 is 0. The van der Waals surface area contributed by atoms with Crippen molar-refractivity contribution < 1.29 is 14.6 Å². The fraction of sp³-hybridized carbons (Fsp3) is 0.417. The fourth-order valence-corrected chi connectivity index (χ4v) is 5.10. The second-order valence-corrected chi connectivity index (χ2v) is 6.12. The Balaban J connectivity index is 2.06. The number of rotatable bonds is 4. The van der Waals surface area contributed by atoms with Gasteiger partial charge in [-0.05, 0) is 0 Å². The van der Waals surface area contributed by atoms with Crippen molar-refractivity contribution in [1.82, 2.24) is 0 Å². The topological polar surface area (TPSA) is 103 Å². The van der Waals surface area contributed by atoms with Gasteiger partial charge in [0.25, 0.3) is 5.69 Å². The molecule has 104 valence electrons. The third-order valence-corrected chi connectivity index (χ3v) is 5.72. The lowest BCUT2D eigenvalue weighted by Gasteiger charge is -2.17. The van der Waals surface area contributed by atoms with Crippen LogP contribution in [-0.2, 0) is 4.79 Å². The largest absolute Gasteiger partial charge is 0.302 e. The van der Waals surface area contributed by atoms with Gasteiger partial charge in [0, 0.05) is 22.3 Å². The second-order valence-electron chi connectivity index (χ2n) is 4.98. The number of hydrogen-bond acceptors (Lipinski definition) is 6. The molecule has 1 aromatic carbocycles. The van der Waals surface area contributed by atoms with E-state index in [4.69, 9.17) is 0 Å². The standard InChI is InChI=1S/C12H10N2O5S/c15-6-12-8(10(12)14(18)19)5-20-11(12)7-3-1-2-4-9(7)13(16)17/h1-4,6,8,10-11H,5H2/t8-,10-,11-,12-/m0/s1. The van der Waals surface area contributed by atoms with Crippen molar-refractivity contribution in [3.8, 4) is 0 Å². The lowest BCUT2D eigenvalue weighted by Crippen LogP contribution is -2.22. The normalized spacial score (nSPS) is 34.3. The first-order chi connectivity index (χ1) is 9.54. The van der Waals surface area contributed by atoms with Gasteiger partial charge in [0.2, 0.25) is 6.04 Å². The molecule has 0 amide bonds. The van der Waals surface area contributed by atoms with Crippen LogP contribution in [0.5, 0.6) is 0 Å². The average molecular weight is 294 g/mol. The van der Waals surface area contributed by atoms with E-state index in [0.717, 1.165) is 0 Å². The van der Waals surface area contributed by atoms with Gasteiger partial charge in [-0.25, -0.2) is 0 Å². The molecule has 1 aromatic rings. The van der Waals surface area contributed by atoms with Crippen molar-refractivity contribution in [2.75, 3.05) is 5.75 Å². The number of hydrogen-bond donors (Lipinski definition) is 0. The van der Waals surface area contributed by atoms with Crippen LogP contribution in [0.1, 0.15) is 10.8 Å². The second kappa shape index (κ2) is 4.27. The summed E-state index contributed by atoms with van der Waals surface area (Å²) in [7, 11) is 0. The van der Waals surface area contributed by atoms with Crippen LogP contribution in [0, 0.1) is 31.6 Å². The molecule has 1 aliphatic carbocycles. The minimum atomic E-state index is -1.08. The van der Waals surface area contributed by atoms with Crippen LogP contribution in [0.15, 0.2) is 24.3 Å². The highest BCUT2D eigenvalue weighted by Gasteiger charge is 2.81. The first-order valence-electron chi connectivity index (χ1n) is 5.98. The van der Waals surface area contributed by atoms with Crippen LogP contribution in [0.4, 0.5) is 5.69 Å². The van der Waals surface area contributed by atoms with Crippen LogP contribution in [0.2, 0.25) is 0 Å². The van der Waals surface area contributed by atoms with E-state index in [-0.39, 0.29) is 11.6 Å². The number of aldehydes is 1. The Kier molecular flexibility index (Phi) is 2.79. The zero-order valence-electron chi connectivity index (χ0n) is 10.2. The first-order valence-corrected chi connectivity index (χ1v) is 7.03. The summed E-state index contributed by atoms with van der Waals surface area (Å²) in [5.74, 6) is 0.172. The Labute approximate surface area is 117 Å². The number of nitrogens with zero attached hydrogens (tertiary/aromatic N) is 2. The zero-order chi connectivity index (χ0) is 14.5. The SMILES string of the molecule is O=C[C@@]12[C@@H]([N+](=O)[O-])[C@@H]1CS[C@H]2c1ccccc1[N+](=O)[O-]. The van der Waals surface area contributed by atoms with Gasteiger partial charge in [-0.1, -0.05) is 18.2 Å². The number of nitro benzene ring substituents is 1. The van der Waals surface area contributed by atoms with Gasteiger partial charge < -0.3 is 4.79 Å².